The molecule has 4 rings (SSSR count). The quantitative estimate of drug-likeness (QED) is 0.288. The molecule has 0 saturated carbocycles. The number of carbonyl (C=O) groups excluding carboxylic acids is 1. The number of benzene rings is 3. The van der Waals surface area contributed by atoms with Gasteiger partial charge in [-0.25, -0.2) is 4.98 Å². The number of ether oxygens (including phenoxy) is 1. The Kier molecular flexibility index (Phi) is 6.72. The van der Waals surface area contributed by atoms with Crippen molar-refractivity contribution in [2.75, 3.05) is 21.2 Å². The van der Waals surface area contributed by atoms with Crippen LogP contribution in [-0.4, -0.2) is 41.6 Å². The van der Waals surface area contributed by atoms with Crippen molar-refractivity contribution in [2.45, 2.75) is 10.4 Å². The lowest BCUT2D eigenvalue weighted by Crippen LogP contribution is -2.28. The largest absolute Gasteiger partial charge is 0.495 e. The summed E-state index contributed by atoms with van der Waals surface area (Å²) in [6.07, 6.45) is 0. The highest BCUT2D eigenvalue weighted by Gasteiger charge is 2.27. The molecular weight excluding hydrogens is 458 g/mol. The highest BCUT2D eigenvalue weighted by Crippen LogP contribution is 2.37. The summed E-state index contributed by atoms with van der Waals surface area (Å²) < 4.78 is 6.75. The fourth-order valence-corrected chi connectivity index (χ4v) is 4.95. The van der Waals surface area contributed by atoms with E-state index in [1.807, 2.05) is 36.4 Å². The molecule has 1 unspecified atom stereocenters. The van der Waals surface area contributed by atoms with Crippen LogP contribution in [0.15, 0.2) is 82.7 Å². The second-order valence-corrected chi connectivity index (χ2v) is 8.99. The van der Waals surface area contributed by atoms with E-state index in [9.17, 15) is 9.59 Å². The fourth-order valence-electron chi connectivity index (χ4n) is 3.44. The lowest BCUT2D eigenvalue weighted by atomic mass is 10.1. The third kappa shape index (κ3) is 4.60. The zero-order chi connectivity index (χ0) is 23.5. The van der Waals surface area contributed by atoms with Crippen molar-refractivity contribution < 1.29 is 9.53 Å². The van der Waals surface area contributed by atoms with Gasteiger partial charge in [0.1, 0.15) is 11.0 Å². The predicted octanol–water partition coefficient (Wildman–Crippen LogP) is 4.97. The first-order valence-corrected chi connectivity index (χ1v) is 11.4. The minimum absolute atomic E-state index is 0.104. The fraction of sp³-hybridized carbons (Fsp3) is 0.160. The summed E-state index contributed by atoms with van der Waals surface area (Å²) in [5.74, 6) is 0.397. The number of hydrogen-bond acceptors (Lipinski definition) is 5. The van der Waals surface area contributed by atoms with Crippen molar-refractivity contribution in [2.24, 2.45) is 0 Å². The number of hydrogen-bond donors (Lipinski definition) is 0. The number of aromatic nitrogens is 2. The first kappa shape index (κ1) is 22.9. The van der Waals surface area contributed by atoms with Crippen LogP contribution in [0.25, 0.3) is 16.6 Å². The van der Waals surface area contributed by atoms with Gasteiger partial charge in [0.2, 0.25) is 5.91 Å². The number of fused-ring (bicyclic) bond motifs is 1. The Morgan fingerprint density at radius 2 is 1.76 bits per heavy atom. The van der Waals surface area contributed by atoms with Gasteiger partial charge in [-0.15, -0.1) is 0 Å². The summed E-state index contributed by atoms with van der Waals surface area (Å²) in [5.41, 5.74) is 1.68. The minimum Gasteiger partial charge on any atom is -0.495 e. The second kappa shape index (κ2) is 9.68. The van der Waals surface area contributed by atoms with Gasteiger partial charge in [0.05, 0.1) is 28.7 Å². The maximum atomic E-state index is 13.6. The van der Waals surface area contributed by atoms with E-state index in [-0.39, 0.29) is 11.5 Å². The first-order chi connectivity index (χ1) is 15.9. The monoisotopic (exact) mass is 479 g/mol. The van der Waals surface area contributed by atoms with E-state index < -0.39 is 5.25 Å². The lowest BCUT2D eigenvalue weighted by Gasteiger charge is -2.22. The SMILES string of the molecule is COc1ccc(-n2c(SC(C(=O)N(C)C)c3ccccc3)nc3ccccc3c2=O)cc1Cl. The Balaban J connectivity index is 1.94. The maximum absolute atomic E-state index is 13.6. The highest BCUT2D eigenvalue weighted by molar-refractivity contribution is 8.00. The maximum Gasteiger partial charge on any atom is 0.266 e. The number of para-hydroxylation sites is 1. The van der Waals surface area contributed by atoms with Crippen LogP contribution in [-0.2, 0) is 4.79 Å². The summed E-state index contributed by atoms with van der Waals surface area (Å²) in [7, 11) is 4.95. The normalized spacial score (nSPS) is 11.9. The van der Waals surface area contributed by atoms with E-state index in [1.165, 1.54) is 23.4 Å². The molecular formula is C25H22ClN3O3S. The average molecular weight is 480 g/mol. The molecule has 0 spiro atoms. The van der Waals surface area contributed by atoms with Crippen molar-refractivity contribution in [3.63, 3.8) is 0 Å². The van der Waals surface area contributed by atoms with Gasteiger partial charge in [-0.2, -0.15) is 0 Å². The van der Waals surface area contributed by atoms with E-state index in [0.29, 0.717) is 32.5 Å². The molecule has 1 heterocycles. The van der Waals surface area contributed by atoms with Gasteiger partial charge in [0.25, 0.3) is 5.56 Å². The number of likely N-dealkylation sites (N-methyl/N-ethyl adjacent to an activating group) is 1. The van der Waals surface area contributed by atoms with Gasteiger partial charge in [-0.1, -0.05) is 65.8 Å². The van der Waals surface area contributed by atoms with Crippen LogP contribution in [0.5, 0.6) is 5.75 Å². The summed E-state index contributed by atoms with van der Waals surface area (Å²) in [5, 5.41) is 0.650. The minimum atomic E-state index is -0.589. The number of amides is 1. The Hall–Kier alpha value is -3.29. The Bertz CT molecular complexity index is 1370. The van der Waals surface area contributed by atoms with E-state index in [4.69, 9.17) is 21.3 Å². The van der Waals surface area contributed by atoms with Gasteiger partial charge >= 0.3 is 0 Å². The first-order valence-electron chi connectivity index (χ1n) is 10.2. The van der Waals surface area contributed by atoms with Crippen LogP contribution in [0.2, 0.25) is 5.02 Å². The van der Waals surface area contributed by atoms with Crippen LogP contribution in [0.4, 0.5) is 0 Å². The van der Waals surface area contributed by atoms with Crippen molar-refractivity contribution >= 4 is 40.2 Å². The number of methoxy groups -OCH3 is 1. The molecule has 3 aromatic carbocycles. The molecule has 0 radical (unpaired) electrons. The Morgan fingerprint density at radius 3 is 2.42 bits per heavy atom. The Morgan fingerprint density at radius 1 is 1.06 bits per heavy atom. The molecule has 0 aliphatic rings. The van der Waals surface area contributed by atoms with Crippen LogP contribution in [0, 0.1) is 0 Å². The summed E-state index contributed by atoms with van der Waals surface area (Å²) in [6, 6.07) is 21.7. The van der Waals surface area contributed by atoms with Crippen LogP contribution in [0.3, 0.4) is 0 Å². The van der Waals surface area contributed by atoms with E-state index in [2.05, 4.69) is 0 Å². The molecule has 1 aromatic heterocycles. The molecule has 33 heavy (non-hydrogen) atoms. The molecule has 0 aliphatic heterocycles. The molecule has 1 atom stereocenters. The van der Waals surface area contributed by atoms with Crippen LogP contribution in [0.1, 0.15) is 10.8 Å². The predicted molar refractivity (Wildman–Crippen MR) is 133 cm³/mol. The zero-order valence-electron chi connectivity index (χ0n) is 18.4. The number of thioether (sulfide) groups is 1. The Labute approximate surface area is 200 Å². The molecule has 0 bridgehead atoms. The lowest BCUT2D eigenvalue weighted by molar-refractivity contribution is -0.128. The van der Waals surface area contributed by atoms with Gasteiger partial charge in [0.15, 0.2) is 5.16 Å². The molecule has 0 fully saturated rings. The molecule has 8 heteroatoms. The average Bonchev–Trinajstić information content (AvgIpc) is 2.82. The second-order valence-electron chi connectivity index (χ2n) is 7.51. The smallest absolute Gasteiger partial charge is 0.266 e. The number of nitrogens with zero attached hydrogens (tertiary/aromatic N) is 3. The van der Waals surface area contributed by atoms with E-state index >= 15 is 0 Å². The summed E-state index contributed by atoms with van der Waals surface area (Å²) in [6.45, 7) is 0. The molecule has 1 amide bonds. The van der Waals surface area contributed by atoms with Crippen molar-refractivity contribution in [3.05, 3.63) is 93.7 Å². The van der Waals surface area contributed by atoms with Crippen molar-refractivity contribution in [3.8, 4) is 11.4 Å². The standard InChI is InChI=1S/C25H22ClN3O3S/c1-28(2)24(31)22(16-9-5-4-6-10-16)33-25-27-20-12-8-7-11-18(20)23(30)29(25)17-13-14-21(32-3)19(26)15-17/h4-15,22H,1-3H3. The molecule has 0 aliphatic carbocycles. The van der Waals surface area contributed by atoms with Crippen molar-refractivity contribution in [1.29, 1.82) is 0 Å². The van der Waals surface area contributed by atoms with E-state index in [0.717, 1.165) is 5.56 Å². The summed E-state index contributed by atoms with van der Waals surface area (Å²) >= 11 is 7.60. The molecule has 0 saturated heterocycles. The highest BCUT2D eigenvalue weighted by atomic mass is 35.5. The number of carbonyl (C=O) groups is 1. The molecule has 6 nitrogen and oxygen atoms in total. The van der Waals surface area contributed by atoms with Gasteiger partial charge in [-0.05, 0) is 35.9 Å². The van der Waals surface area contributed by atoms with Crippen molar-refractivity contribution in [1.82, 2.24) is 14.5 Å². The van der Waals surface area contributed by atoms with Gasteiger partial charge in [-0.3, -0.25) is 14.2 Å². The number of halogens is 1. The number of rotatable bonds is 6. The third-order valence-corrected chi connectivity index (χ3v) is 6.62. The zero-order valence-corrected chi connectivity index (χ0v) is 19.9. The van der Waals surface area contributed by atoms with E-state index in [1.54, 1.807) is 55.4 Å². The van der Waals surface area contributed by atoms with Crippen LogP contribution >= 0.6 is 23.4 Å². The molecule has 4 aromatic rings. The third-order valence-electron chi connectivity index (χ3n) is 5.13. The van der Waals surface area contributed by atoms with Gasteiger partial charge in [0, 0.05) is 14.1 Å². The topological polar surface area (TPSA) is 64.4 Å². The summed E-state index contributed by atoms with van der Waals surface area (Å²) in [4.78, 5) is 33.0. The molecule has 168 valence electrons. The molecule has 0 N–H and O–H groups in total. The van der Waals surface area contributed by atoms with Crippen LogP contribution < -0.4 is 10.3 Å². The van der Waals surface area contributed by atoms with Gasteiger partial charge < -0.3 is 9.64 Å².